The van der Waals surface area contributed by atoms with Gasteiger partial charge in [0, 0.05) is 33.7 Å². The molecule has 3 aromatic heterocycles. The van der Waals surface area contributed by atoms with Crippen molar-refractivity contribution < 1.29 is 14.4 Å². The maximum atomic E-state index is 5.31. The Hall–Kier alpha value is -1.88. The number of fused-ring (bicyclic) bond motifs is 5. The van der Waals surface area contributed by atoms with Gasteiger partial charge in [-0.3, -0.25) is 0 Å². The molecule has 1 atom stereocenters. The first-order valence-electron chi connectivity index (χ1n) is 8.79. The number of nitrogens with one attached hydrogen (secondary N) is 1. The molecule has 1 aliphatic heterocycles. The lowest BCUT2D eigenvalue weighted by atomic mass is 10.1. The van der Waals surface area contributed by atoms with Gasteiger partial charge in [0.2, 0.25) is 0 Å². The van der Waals surface area contributed by atoms with Crippen molar-refractivity contribution in [1.82, 2.24) is 25.0 Å². The average Bonchev–Trinajstić information content (AvgIpc) is 3.24. The van der Waals surface area contributed by atoms with Gasteiger partial charge in [0.25, 0.3) is 5.78 Å². The summed E-state index contributed by atoms with van der Waals surface area (Å²) >= 11 is 1.79. The summed E-state index contributed by atoms with van der Waals surface area (Å²) < 4.78 is 12.4. The Labute approximate surface area is 155 Å². The highest BCUT2D eigenvalue weighted by Gasteiger charge is 2.27. The number of anilines is 1. The van der Waals surface area contributed by atoms with Crippen molar-refractivity contribution in [2.24, 2.45) is 0 Å². The van der Waals surface area contributed by atoms with E-state index >= 15 is 0 Å². The lowest BCUT2D eigenvalue weighted by molar-refractivity contribution is -0.895. The second kappa shape index (κ2) is 7.39. The number of nitrogens with zero attached hydrogens (tertiary/aromatic N) is 6. The fraction of sp³-hybridized carbons (Fsp3) is 0.625. The van der Waals surface area contributed by atoms with Crippen LogP contribution in [0.1, 0.15) is 10.4 Å². The van der Waals surface area contributed by atoms with Crippen LogP contribution in [0, 0.1) is 0 Å². The summed E-state index contributed by atoms with van der Waals surface area (Å²) in [7, 11) is 5.67. The lowest BCUT2D eigenvalue weighted by Crippen LogP contribution is -3.08. The number of aromatic nitrogens is 5. The molecule has 0 radical (unpaired) electrons. The van der Waals surface area contributed by atoms with Crippen LogP contribution in [0.5, 0.6) is 0 Å². The van der Waals surface area contributed by atoms with E-state index < -0.39 is 0 Å². The molecule has 0 saturated carbocycles. The van der Waals surface area contributed by atoms with Gasteiger partial charge in [-0.15, -0.1) is 11.3 Å². The molecular weight excluding hydrogens is 354 g/mol. The highest BCUT2D eigenvalue weighted by Crippen LogP contribution is 2.37. The first-order valence-corrected chi connectivity index (χ1v) is 9.61. The second-order valence-corrected chi connectivity index (χ2v) is 7.70. The number of rotatable bonds is 7. The van der Waals surface area contributed by atoms with Gasteiger partial charge in [-0.2, -0.15) is 9.50 Å². The van der Waals surface area contributed by atoms with Crippen LogP contribution in [-0.2, 0) is 22.4 Å². The number of hydrogen-bond donors (Lipinski definition) is 1. The van der Waals surface area contributed by atoms with E-state index in [9.17, 15) is 0 Å². The molecule has 0 spiro atoms. The Balaban J connectivity index is 1.90. The molecule has 9 nitrogen and oxygen atoms in total. The first-order chi connectivity index (χ1) is 12.7. The molecule has 1 aliphatic rings. The molecule has 0 aromatic carbocycles. The third-order valence-electron chi connectivity index (χ3n) is 4.84. The molecular formula is C16H24N7O2S+. The van der Waals surface area contributed by atoms with Crippen LogP contribution in [0.4, 0.5) is 5.82 Å². The van der Waals surface area contributed by atoms with Crippen LogP contribution in [0.15, 0.2) is 0 Å². The van der Waals surface area contributed by atoms with E-state index in [2.05, 4.69) is 27.5 Å². The fourth-order valence-corrected chi connectivity index (χ4v) is 4.88. The van der Waals surface area contributed by atoms with Crippen LogP contribution in [0.2, 0.25) is 0 Å². The second-order valence-electron chi connectivity index (χ2n) is 6.62. The van der Waals surface area contributed by atoms with Gasteiger partial charge in [0.15, 0.2) is 0 Å². The van der Waals surface area contributed by atoms with E-state index in [1.54, 1.807) is 30.1 Å². The number of likely N-dealkylation sites (N-methyl/N-ethyl adjacent to an activating group) is 1. The highest BCUT2D eigenvalue weighted by atomic mass is 32.1. The van der Waals surface area contributed by atoms with Gasteiger partial charge in [0.1, 0.15) is 17.2 Å². The Morgan fingerprint density at radius 2 is 2.00 bits per heavy atom. The number of hydrogen-bond acceptors (Lipinski definition) is 8. The predicted octanol–water partition coefficient (Wildman–Crippen LogP) is -0.596. The molecule has 0 amide bonds. The maximum absolute atomic E-state index is 5.31. The number of methoxy groups -OCH3 is 2. The first kappa shape index (κ1) is 17.5. The molecule has 4 rings (SSSR count). The van der Waals surface area contributed by atoms with Crippen LogP contribution in [0.25, 0.3) is 16.0 Å². The minimum absolute atomic E-state index is 0.534. The lowest BCUT2D eigenvalue weighted by Gasteiger charge is -2.25. The Morgan fingerprint density at radius 1 is 1.23 bits per heavy atom. The highest BCUT2D eigenvalue weighted by molar-refractivity contribution is 7.19. The molecule has 0 saturated heterocycles. The van der Waals surface area contributed by atoms with Gasteiger partial charge in [-0.1, -0.05) is 5.10 Å². The maximum Gasteiger partial charge on any atom is 0.276 e. The van der Waals surface area contributed by atoms with Crippen molar-refractivity contribution in [3.05, 3.63) is 10.4 Å². The molecule has 0 bridgehead atoms. The van der Waals surface area contributed by atoms with E-state index in [1.165, 1.54) is 20.7 Å². The van der Waals surface area contributed by atoms with Crippen molar-refractivity contribution >= 4 is 33.1 Å². The smallest absolute Gasteiger partial charge is 0.276 e. The number of tetrazole rings is 1. The van der Waals surface area contributed by atoms with E-state index in [-0.39, 0.29) is 0 Å². The topological polar surface area (TPSA) is 82.1 Å². The summed E-state index contributed by atoms with van der Waals surface area (Å²) in [6.45, 7) is 4.91. The third kappa shape index (κ3) is 3.02. The van der Waals surface area contributed by atoms with Crippen molar-refractivity contribution in [3.8, 4) is 0 Å². The van der Waals surface area contributed by atoms with Gasteiger partial charge in [-0.05, 0) is 16.0 Å². The summed E-state index contributed by atoms with van der Waals surface area (Å²) in [5.74, 6) is 1.47. The summed E-state index contributed by atoms with van der Waals surface area (Å²) in [5, 5.41) is 13.3. The van der Waals surface area contributed by atoms with Crippen molar-refractivity contribution in [2.45, 2.75) is 13.0 Å². The molecule has 3 aromatic rings. The van der Waals surface area contributed by atoms with Gasteiger partial charge in [0.05, 0.1) is 37.1 Å². The van der Waals surface area contributed by atoms with Crippen LogP contribution >= 0.6 is 11.3 Å². The quantitative estimate of drug-likeness (QED) is 0.588. The van der Waals surface area contributed by atoms with Gasteiger partial charge >= 0.3 is 0 Å². The Kier molecular flexibility index (Phi) is 4.98. The molecule has 1 unspecified atom stereocenters. The summed E-state index contributed by atoms with van der Waals surface area (Å²) in [6, 6.07) is 0. The van der Waals surface area contributed by atoms with Crippen LogP contribution in [0.3, 0.4) is 0 Å². The molecule has 140 valence electrons. The van der Waals surface area contributed by atoms with Gasteiger partial charge < -0.3 is 19.3 Å². The molecule has 0 aliphatic carbocycles. The summed E-state index contributed by atoms with van der Waals surface area (Å²) in [5.41, 5.74) is 1.40. The summed E-state index contributed by atoms with van der Waals surface area (Å²) in [4.78, 5) is 11.1. The zero-order chi connectivity index (χ0) is 18.1. The van der Waals surface area contributed by atoms with Crippen molar-refractivity contribution in [1.29, 1.82) is 0 Å². The standard InChI is InChI=1S/C16H23N7O2S/c1-21-5-4-11-12(10-21)26-15-13(11)14(17-16-18-19-20-23(15)16)22(6-8-24-2)7-9-25-3/h4-10H2,1-3H3/p+1. The van der Waals surface area contributed by atoms with Crippen molar-refractivity contribution in [2.75, 3.05) is 59.0 Å². The van der Waals surface area contributed by atoms with E-state index in [4.69, 9.17) is 14.5 Å². The zero-order valence-electron chi connectivity index (χ0n) is 15.4. The monoisotopic (exact) mass is 378 g/mol. The SMILES string of the molecule is COCCN(CCOC)c1nc2nnnn2c2sc3c(c12)CC[NH+](C)C3. The minimum atomic E-state index is 0.534. The third-order valence-corrected chi connectivity index (χ3v) is 6.05. The normalized spacial score (nSPS) is 17.1. The average molecular weight is 378 g/mol. The molecule has 26 heavy (non-hydrogen) atoms. The van der Waals surface area contributed by atoms with Crippen molar-refractivity contribution in [3.63, 3.8) is 0 Å². The van der Waals surface area contributed by atoms with E-state index in [1.807, 2.05) is 0 Å². The molecule has 0 fully saturated rings. The van der Waals surface area contributed by atoms with Crippen LogP contribution < -0.4 is 9.80 Å². The number of thiophene rings is 1. The Morgan fingerprint density at radius 3 is 2.73 bits per heavy atom. The molecule has 4 heterocycles. The fourth-order valence-electron chi connectivity index (χ4n) is 3.48. The number of ether oxygens (including phenoxy) is 2. The summed E-state index contributed by atoms with van der Waals surface area (Å²) in [6.07, 6.45) is 1.05. The van der Waals surface area contributed by atoms with Gasteiger partial charge in [-0.25, -0.2) is 0 Å². The van der Waals surface area contributed by atoms with E-state index in [0.717, 1.165) is 43.2 Å². The van der Waals surface area contributed by atoms with E-state index in [0.29, 0.717) is 19.0 Å². The molecule has 10 heteroatoms. The molecule has 1 N–H and O–H groups in total. The minimum Gasteiger partial charge on any atom is -0.383 e. The zero-order valence-corrected chi connectivity index (χ0v) is 16.2. The predicted molar refractivity (Wildman–Crippen MR) is 99.1 cm³/mol. The number of quaternary nitrogens is 1. The Bertz CT molecular complexity index is 901. The largest absolute Gasteiger partial charge is 0.383 e. The van der Waals surface area contributed by atoms with Crippen LogP contribution in [-0.4, -0.2) is 79.1 Å².